The van der Waals surface area contributed by atoms with Crippen LogP contribution in [0.1, 0.15) is 24.5 Å². The molecule has 0 saturated heterocycles. The Morgan fingerprint density at radius 1 is 1.47 bits per heavy atom. The molecular formula is C12H19NO2. The number of benzene rings is 1. The molecule has 0 aliphatic carbocycles. The van der Waals surface area contributed by atoms with Crippen molar-refractivity contribution in [3.05, 3.63) is 29.3 Å². The summed E-state index contributed by atoms with van der Waals surface area (Å²) in [7, 11) is 0. The zero-order valence-corrected chi connectivity index (χ0v) is 9.36. The fraction of sp³-hybridized carbons (Fsp3) is 0.500. The summed E-state index contributed by atoms with van der Waals surface area (Å²) in [5, 5.41) is 9.42. The van der Waals surface area contributed by atoms with Gasteiger partial charge in [-0.1, -0.05) is 25.1 Å². The maximum absolute atomic E-state index is 9.42. The predicted molar refractivity (Wildman–Crippen MR) is 60.9 cm³/mol. The molecule has 1 aromatic rings. The third-order valence-corrected chi connectivity index (χ3v) is 2.40. The molecule has 0 radical (unpaired) electrons. The minimum absolute atomic E-state index is 0.328. The van der Waals surface area contributed by atoms with Crippen LogP contribution in [-0.2, 0) is 6.54 Å². The second kappa shape index (κ2) is 5.73. The van der Waals surface area contributed by atoms with Gasteiger partial charge in [-0.05, 0) is 18.9 Å². The number of rotatable bonds is 5. The fourth-order valence-corrected chi connectivity index (χ4v) is 1.38. The van der Waals surface area contributed by atoms with Gasteiger partial charge in [0.1, 0.15) is 12.4 Å². The van der Waals surface area contributed by atoms with Crippen LogP contribution in [0.4, 0.5) is 0 Å². The van der Waals surface area contributed by atoms with Crippen molar-refractivity contribution in [1.29, 1.82) is 0 Å². The van der Waals surface area contributed by atoms with Crippen molar-refractivity contribution in [1.82, 2.24) is 0 Å². The van der Waals surface area contributed by atoms with Crippen molar-refractivity contribution in [2.45, 2.75) is 32.9 Å². The van der Waals surface area contributed by atoms with Gasteiger partial charge in [0.15, 0.2) is 0 Å². The Morgan fingerprint density at radius 2 is 2.20 bits per heavy atom. The maximum atomic E-state index is 9.42. The molecule has 3 nitrogen and oxygen atoms in total. The Hall–Kier alpha value is -1.06. The zero-order valence-electron chi connectivity index (χ0n) is 9.36. The second-order valence-corrected chi connectivity index (χ2v) is 3.64. The number of ether oxygens (including phenoxy) is 1. The lowest BCUT2D eigenvalue weighted by Gasteiger charge is -2.15. The van der Waals surface area contributed by atoms with Crippen LogP contribution in [0.3, 0.4) is 0 Å². The number of aliphatic hydroxyl groups excluding tert-OH is 1. The highest BCUT2D eigenvalue weighted by Crippen LogP contribution is 2.23. The summed E-state index contributed by atoms with van der Waals surface area (Å²) in [5.74, 6) is 0.813. The number of hydrogen-bond acceptors (Lipinski definition) is 3. The molecule has 0 aliphatic rings. The van der Waals surface area contributed by atoms with Crippen LogP contribution in [0, 0.1) is 6.92 Å². The molecule has 0 saturated carbocycles. The Bertz CT molecular complexity index is 312. The molecule has 84 valence electrons. The summed E-state index contributed by atoms with van der Waals surface area (Å²) in [5.41, 5.74) is 7.66. The average molecular weight is 209 g/mol. The lowest BCUT2D eigenvalue weighted by molar-refractivity contribution is 0.103. The molecule has 0 amide bonds. The molecular weight excluding hydrogens is 190 g/mol. The van der Waals surface area contributed by atoms with Gasteiger partial charge in [0.05, 0.1) is 6.10 Å². The molecule has 1 unspecified atom stereocenters. The Morgan fingerprint density at radius 3 is 2.80 bits per heavy atom. The first-order valence-corrected chi connectivity index (χ1v) is 5.28. The van der Waals surface area contributed by atoms with Crippen LogP contribution in [0.2, 0.25) is 0 Å². The molecule has 15 heavy (non-hydrogen) atoms. The second-order valence-electron chi connectivity index (χ2n) is 3.64. The first kappa shape index (κ1) is 12.0. The summed E-state index contributed by atoms with van der Waals surface area (Å²) in [6.07, 6.45) is 0.291. The van der Waals surface area contributed by atoms with Crippen molar-refractivity contribution >= 4 is 0 Å². The van der Waals surface area contributed by atoms with E-state index in [2.05, 4.69) is 0 Å². The number of nitrogens with two attached hydrogens (primary N) is 1. The SMILES string of the molecule is CCC(O)COc1c(C)cccc1CN. The van der Waals surface area contributed by atoms with Crippen molar-refractivity contribution in [2.75, 3.05) is 6.61 Å². The molecule has 0 spiro atoms. The van der Waals surface area contributed by atoms with E-state index in [1.54, 1.807) is 0 Å². The van der Waals surface area contributed by atoms with Crippen molar-refractivity contribution < 1.29 is 9.84 Å². The molecule has 3 N–H and O–H groups in total. The number of aliphatic hydroxyl groups is 1. The number of para-hydroxylation sites is 1. The minimum Gasteiger partial charge on any atom is -0.490 e. The Labute approximate surface area is 90.9 Å². The topological polar surface area (TPSA) is 55.5 Å². The van der Waals surface area contributed by atoms with Crippen molar-refractivity contribution in [3.63, 3.8) is 0 Å². The van der Waals surface area contributed by atoms with E-state index in [1.807, 2.05) is 32.0 Å². The maximum Gasteiger partial charge on any atom is 0.126 e. The quantitative estimate of drug-likeness (QED) is 0.774. The smallest absolute Gasteiger partial charge is 0.126 e. The van der Waals surface area contributed by atoms with Gasteiger partial charge in [0.25, 0.3) is 0 Å². The van der Waals surface area contributed by atoms with Gasteiger partial charge in [0, 0.05) is 12.1 Å². The fourth-order valence-electron chi connectivity index (χ4n) is 1.38. The van der Waals surface area contributed by atoms with Gasteiger partial charge in [0.2, 0.25) is 0 Å². The molecule has 0 bridgehead atoms. The molecule has 1 rings (SSSR count). The van der Waals surface area contributed by atoms with E-state index in [1.165, 1.54) is 0 Å². The van der Waals surface area contributed by atoms with E-state index < -0.39 is 6.10 Å². The lowest BCUT2D eigenvalue weighted by atomic mass is 10.1. The summed E-state index contributed by atoms with van der Waals surface area (Å²) in [4.78, 5) is 0. The summed E-state index contributed by atoms with van der Waals surface area (Å²) < 4.78 is 5.58. The summed E-state index contributed by atoms with van der Waals surface area (Å²) in [6.45, 7) is 4.69. The summed E-state index contributed by atoms with van der Waals surface area (Å²) in [6, 6.07) is 5.88. The Balaban J connectivity index is 2.74. The van der Waals surface area contributed by atoms with Gasteiger partial charge in [-0.25, -0.2) is 0 Å². The van der Waals surface area contributed by atoms with Gasteiger partial charge < -0.3 is 15.6 Å². The van der Waals surface area contributed by atoms with Gasteiger partial charge in [-0.2, -0.15) is 0 Å². The van der Waals surface area contributed by atoms with Gasteiger partial charge in [-0.3, -0.25) is 0 Å². The molecule has 0 aliphatic heterocycles. The Kier molecular flexibility index (Phi) is 4.59. The van der Waals surface area contributed by atoms with E-state index in [-0.39, 0.29) is 0 Å². The highest BCUT2D eigenvalue weighted by molar-refractivity contribution is 5.40. The van der Waals surface area contributed by atoms with Crippen molar-refractivity contribution in [3.8, 4) is 5.75 Å². The van der Waals surface area contributed by atoms with Crippen molar-refractivity contribution in [2.24, 2.45) is 5.73 Å². The average Bonchev–Trinajstić information content (AvgIpc) is 2.26. The zero-order chi connectivity index (χ0) is 11.3. The van der Waals surface area contributed by atoms with Crippen LogP contribution in [0.5, 0.6) is 5.75 Å². The summed E-state index contributed by atoms with van der Waals surface area (Å²) >= 11 is 0. The third-order valence-electron chi connectivity index (χ3n) is 2.40. The molecule has 1 atom stereocenters. The van der Waals surface area contributed by atoms with Crippen LogP contribution < -0.4 is 10.5 Å². The molecule has 1 aromatic carbocycles. The van der Waals surface area contributed by atoms with Gasteiger partial charge >= 0.3 is 0 Å². The van der Waals surface area contributed by atoms with Crippen LogP contribution in [0.15, 0.2) is 18.2 Å². The normalized spacial score (nSPS) is 12.5. The van der Waals surface area contributed by atoms with E-state index >= 15 is 0 Å². The van der Waals surface area contributed by atoms with E-state index in [9.17, 15) is 5.11 Å². The van der Waals surface area contributed by atoms with Crippen LogP contribution >= 0.6 is 0 Å². The first-order valence-electron chi connectivity index (χ1n) is 5.28. The lowest BCUT2D eigenvalue weighted by Crippen LogP contribution is -2.17. The molecule has 0 heterocycles. The predicted octanol–water partition coefficient (Wildman–Crippen LogP) is 1.60. The first-order chi connectivity index (χ1) is 7.19. The molecule has 0 aromatic heterocycles. The van der Waals surface area contributed by atoms with E-state index in [0.717, 1.165) is 16.9 Å². The third kappa shape index (κ3) is 3.22. The van der Waals surface area contributed by atoms with Crippen LogP contribution in [-0.4, -0.2) is 17.8 Å². The molecule has 0 fully saturated rings. The highest BCUT2D eigenvalue weighted by Gasteiger charge is 2.07. The minimum atomic E-state index is -0.407. The standard InChI is InChI=1S/C12H19NO2/c1-3-11(14)8-15-12-9(2)5-4-6-10(12)7-13/h4-6,11,14H,3,7-8,13H2,1-2H3. The molecule has 3 heteroatoms. The van der Waals surface area contributed by atoms with E-state index in [4.69, 9.17) is 10.5 Å². The number of aryl methyl sites for hydroxylation is 1. The van der Waals surface area contributed by atoms with Crippen LogP contribution in [0.25, 0.3) is 0 Å². The number of hydrogen-bond donors (Lipinski definition) is 2. The van der Waals surface area contributed by atoms with E-state index in [0.29, 0.717) is 19.6 Å². The largest absolute Gasteiger partial charge is 0.490 e. The highest BCUT2D eigenvalue weighted by atomic mass is 16.5. The van der Waals surface area contributed by atoms with Gasteiger partial charge in [-0.15, -0.1) is 0 Å². The monoisotopic (exact) mass is 209 g/mol.